The minimum atomic E-state index is 0.337. The van der Waals surface area contributed by atoms with E-state index in [1.54, 1.807) is 6.07 Å². The normalized spacial score (nSPS) is 21.2. The average Bonchev–Trinajstić information content (AvgIpc) is 1.95. The average molecular weight is 242 g/mol. The van der Waals surface area contributed by atoms with E-state index in [0.717, 1.165) is 17.4 Å². The van der Waals surface area contributed by atoms with Crippen molar-refractivity contribution in [3.8, 4) is 5.75 Å². The topological polar surface area (TPSA) is 32.3 Å². The SMILES string of the molecule is Oc1cc(Br)cc(CC2CCN2)c1. The molecule has 13 heavy (non-hydrogen) atoms. The molecule has 0 aromatic heterocycles. The minimum absolute atomic E-state index is 0.337. The van der Waals surface area contributed by atoms with Gasteiger partial charge < -0.3 is 10.4 Å². The van der Waals surface area contributed by atoms with Gasteiger partial charge in [-0.15, -0.1) is 0 Å². The van der Waals surface area contributed by atoms with E-state index >= 15 is 0 Å². The van der Waals surface area contributed by atoms with Gasteiger partial charge in [0.05, 0.1) is 0 Å². The van der Waals surface area contributed by atoms with Crippen molar-refractivity contribution < 1.29 is 5.11 Å². The van der Waals surface area contributed by atoms with Crippen LogP contribution < -0.4 is 5.32 Å². The fourth-order valence-corrected chi connectivity index (χ4v) is 2.09. The number of hydrogen-bond donors (Lipinski definition) is 2. The van der Waals surface area contributed by atoms with Gasteiger partial charge >= 0.3 is 0 Å². The molecule has 2 N–H and O–H groups in total. The Morgan fingerprint density at radius 1 is 1.46 bits per heavy atom. The lowest BCUT2D eigenvalue weighted by Crippen LogP contribution is -2.44. The van der Waals surface area contributed by atoms with Crippen LogP contribution in [0.15, 0.2) is 22.7 Å². The summed E-state index contributed by atoms with van der Waals surface area (Å²) in [6.07, 6.45) is 2.25. The van der Waals surface area contributed by atoms with Crippen LogP contribution in [0.5, 0.6) is 5.75 Å². The molecule has 1 unspecified atom stereocenters. The van der Waals surface area contributed by atoms with Gasteiger partial charge in [-0.25, -0.2) is 0 Å². The van der Waals surface area contributed by atoms with Crippen LogP contribution in [0.2, 0.25) is 0 Å². The smallest absolute Gasteiger partial charge is 0.116 e. The van der Waals surface area contributed by atoms with Crippen molar-refractivity contribution in [1.82, 2.24) is 5.32 Å². The Kier molecular flexibility index (Phi) is 2.56. The van der Waals surface area contributed by atoms with E-state index in [0.29, 0.717) is 11.8 Å². The molecule has 1 atom stereocenters. The zero-order valence-corrected chi connectivity index (χ0v) is 8.84. The predicted molar refractivity (Wildman–Crippen MR) is 55.9 cm³/mol. The van der Waals surface area contributed by atoms with E-state index in [-0.39, 0.29) is 0 Å². The molecule has 2 nitrogen and oxygen atoms in total. The molecule has 0 radical (unpaired) electrons. The summed E-state index contributed by atoms with van der Waals surface area (Å²) in [7, 11) is 0. The van der Waals surface area contributed by atoms with Crippen LogP contribution >= 0.6 is 15.9 Å². The van der Waals surface area contributed by atoms with Gasteiger partial charge in [0, 0.05) is 10.5 Å². The molecule has 0 spiro atoms. The highest BCUT2D eigenvalue weighted by molar-refractivity contribution is 9.10. The Hall–Kier alpha value is -0.540. The summed E-state index contributed by atoms with van der Waals surface area (Å²) in [5.74, 6) is 0.337. The van der Waals surface area contributed by atoms with Crippen LogP contribution in [-0.2, 0) is 6.42 Å². The van der Waals surface area contributed by atoms with Crippen molar-refractivity contribution in [1.29, 1.82) is 0 Å². The molecular formula is C10H12BrNO. The molecule has 1 aliphatic heterocycles. The summed E-state index contributed by atoms with van der Waals surface area (Å²) in [5.41, 5.74) is 1.18. The second kappa shape index (κ2) is 3.68. The van der Waals surface area contributed by atoms with E-state index in [4.69, 9.17) is 0 Å². The maximum Gasteiger partial charge on any atom is 0.116 e. The molecule has 1 saturated heterocycles. The predicted octanol–water partition coefficient (Wildman–Crippen LogP) is 2.06. The second-order valence-electron chi connectivity index (χ2n) is 3.46. The Morgan fingerprint density at radius 2 is 2.23 bits per heavy atom. The van der Waals surface area contributed by atoms with Gasteiger partial charge in [-0.3, -0.25) is 0 Å². The first-order chi connectivity index (χ1) is 6.24. The zero-order chi connectivity index (χ0) is 9.26. The molecule has 1 fully saturated rings. The molecule has 2 rings (SSSR count). The Balaban J connectivity index is 2.10. The van der Waals surface area contributed by atoms with Crippen molar-refractivity contribution >= 4 is 15.9 Å². The summed E-state index contributed by atoms with van der Waals surface area (Å²) >= 11 is 3.36. The highest BCUT2D eigenvalue weighted by atomic mass is 79.9. The molecule has 0 aliphatic carbocycles. The maximum atomic E-state index is 9.35. The van der Waals surface area contributed by atoms with Crippen LogP contribution in [-0.4, -0.2) is 17.7 Å². The standard InChI is InChI=1S/C10H12BrNO/c11-8-3-7(5-10(13)6-8)4-9-1-2-12-9/h3,5-6,9,12-13H,1-2,4H2. The monoisotopic (exact) mass is 241 g/mol. The molecule has 1 aromatic rings. The van der Waals surface area contributed by atoms with Crippen LogP contribution in [0.3, 0.4) is 0 Å². The van der Waals surface area contributed by atoms with Gasteiger partial charge in [-0.1, -0.05) is 15.9 Å². The van der Waals surface area contributed by atoms with Gasteiger partial charge in [0.15, 0.2) is 0 Å². The Morgan fingerprint density at radius 3 is 2.77 bits per heavy atom. The molecule has 1 heterocycles. The van der Waals surface area contributed by atoms with Crippen molar-refractivity contribution in [3.05, 3.63) is 28.2 Å². The lowest BCUT2D eigenvalue weighted by molar-refractivity contribution is 0.368. The van der Waals surface area contributed by atoms with E-state index < -0.39 is 0 Å². The van der Waals surface area contributed by atoms with Gasteiger partial charge in [0.2, 0.25) is 0 Å². The summed E-state index contributed by atoms with van der Waals surface area (Å²) in [6, 6.07) is 6.19. The minimum Gasteiger partial charge on any atom is -0.508 e. The number of aromatic hydroxyl groups is 1. The second-order valence-corrected chi connectivity index (χ2v) is 4.38. The number of phenols is 1. The zero-order valence-electron chi connectivity index (χ0n) is 7.26. The quantitative estimate of drug-likeness (QED) is 0.831. The molecule has 1 aliphatic rings. The van der Waals surface area contributed by atoms with Gasteiger partial charge in [0.1, 0.15) is 5.75 Å². The fourth-order valence-electron chi connectivity index (χ4n) is 1.56. The maximum absolute atomic E-state index is 9.35. The van der Waals surface area contributed by atoms with Gasteiger partial charge in [0.25, 0.3) is 0 Å². The third-order valence-corrected chi connectivity index (χ3v) is 2.81. The van der Waals surface area contributed by atoms with E-state index in [1.165, 1.54) is 12.0 Å². The number of phenolic OH excluding ortho intramolecular Hbond substituents is 1. The lowest BCUT2D eigenvalue weighted by atomic mass is 9.98. The lowest BCUT2D eigenvalue weighted by Gasteiger charge is -2.27. The molecule has 1 aromatic carbocycles. The highest BCUT2D eigenvalue weighted by Gasteiger charge is 2.16. The molecule has 0 saturated carbocycles. The fraction of sp³-hybridized carbons (Fsp3) is 0.400. The van der Waals surface area contributed by atoms with Crippen molar-refractivity contribution in [2.24, 2.45) is 0 Å². The van der Waals surface area contributed by atoms with Gasteiger partial charge in [-0.05, 0) is 43.1 Å². The molecular weight excluding hydrogens is 230 g/mol. The number of nitrogens with one attached hydrogen (secondary N) is 1. The number of hydrogen-bond acceptors (Lipinski definition) is 2. The van der Waals surface area contributed by atoms with Crippen molar-refractivity contribution in [2.75, 3.05) is 6.54 Å². The summed E-state index contributed by atoms with van der Waals surface area (Å²) < 4.78 is 0.946. The first-order valence-corrected chi connectivity index (χ1v) is 5.25. The molecule has 0 amide bonds. The van der Waals surface area contributed by atoms with Crippen LogP contribution in [0, 0.1) is 0 Å². The first-order valence-electron chi connectivity index (χ1n) is 4.46. The third kappa shape index (κ3) is 2.23. The van der Waals surface area contributed by atoms with Crippen LogP contribution in [0.4, 0.5) is 0 Å². The third-order valence-electron chi connectivity index (χ3n) is 2.35. The highest BCUT2D eigenvalue weighted by Crippen LogP contribution is 2.22. The molecule has 70 valence electrons. The largest absolute Gasteiger partial charge is 0.508 e. The number of rotatable bonds is 2. The molecule has 0 bridgehead atoms. The number of halogens is 1. The first kappa shape index (κ1) is 9.03. The number of benzene rings is 1. The van der Waals surface area contributed by atoms with E-state index in [9.17, 15) is 5.11 Å². The Labute approximate surface area is 86.1 Å². The Bertz CT molecular complexity index is 290. The van der Waals surface area contributed by atoms with Crippen molar-refractivity contribution in [3.63, 3.8) is 0 Å². The molecule has 3 heteroatoms. The van der Waals surface area contributed by atoms with Crippen molar-refractivity contribution in [2.45, 2.75) is 18.9 Å². The van der Waals surface area contributed by atoms with Crippen LogP contribution in [0.1, 0.15) is 12.0 Å². The van der Waals surface area contributed by atoms with Gasteiger partial charge in [-0.2, -0.15) is 0 Å². The van der Waals surface area contributed by atoms with E-state index in [2.05, 4.69) is 27.3 Å². The summed E-state index contributed by atoms with van der Waals surface area (Å²) in [6.45, 7) is 1.13. The summed E-state index contributed by atoms with van der Waals surface area (Å²) in [4.78, 5) is 0. The van der Waals surface area contributed by atoms with Crippen LogP contribution in [0.25, 0.3) is 0 Å². The van der Waals surface area contributed by atoms with E-state index in [1.807, 2.05) is 6.07 Å². The summed E-state index contributed by atoms with van der Waals surface area (Å²) in [5, 5.41) is 12.7.